The highest BCUT2D eigenvalue weighted by molar-refractivity contribution is 5.93. The summed E-state index contributed by atoms with van der Waals surface area (Å²) >= 11 is 0. The maximum atomic E-state index is 14.5. The Hall–Kier alpha value is -2.34. The van der Waals surface area contributed by atoms with E-state index >= 15 is 0 Å². The van der Waals surface area contributed by atoms with E-state index in [4.69, 9.17) is 14.4 Å². The molecule has 1 heterocycles. The number of nitrogens with one attached hydrogen (secondary N) is 1. The second-order valence-corrected chi connectivity index (χ2v) is 14.7. The summed E-state index contributed by atoms with van der Waals surface area (Å²) in [5.41, 5.74) is -3.26. The molecular weight excluding hydrogens is 566 g/mol. The topological polar surface area (TPSA) is 155 Å². The summed E-state index contributed by atoms with van der Waals surface area (Å²) in [5, 5.41) is 50.4. The normalized spacial score (nSPS) is 41.6. The molecule has 5 N–H and O–H groups in total. The van der Waals surface area contributed by atoms with Gasteiger partial charge in [-0.2, -0.15) is 0 Å². The minimum atomic E-state index is -1.55. The second-order valence-electron chi connectivity index (χ2n) is 14.7. The largest absolute Gasteiger partial charge is 0.453 e. The monoisotopic (exact) mass is 615 g/mol. The number of ketones is 1. The van der Waals surface area contributed by atoms with Gasteiger partial charge in [-0.3, -0.25) is 10.1 Å². The van der Waals surface area contributed by atoms with Crippen molar-refractivity contribution in [3.8, 4) is 0 Å². The van der Waals surface area contributed by atoms with E-state index in [0.29, 0.717) is 17.6 Å². The molecular formula is C34H49NO9. The number of fused-ring (bicyclic) bond motifs is 5. The fourth-order valence-corrected chi connectivity index (χ4v) is 9.81. The maximum Gasteiger partial charge on any atom is 0.407 e. The van der Waals surface area contributed by atoms with Crippen molar-refractivity contribution >= 4 is 11.9 Å². The number of hydrogen-bond acceptors (Lipinski definition) is 9. The number of carbonyl (C=O) groups is 2. The highest BCUT2D eigenvalue weighted by atomic mass is 17.1. The molecule has 244 valence electrons. The van der Waals surface area contributed by atoms with E-state index in [-0.39, 0.29) is 24.7 Å². The summed E-state index contributed by atoms with van der Waals surface area (Å²) in [6.45, 7) is 13.1. The van der Waals surface area contributed by atoms with Gasteiger partial charge in [-0.25, -0.2) is 9.68 Å². The zero-order valence-electron chi connectivity index (χ0n) is 27.0. The Morgan fingerprint density at radius 3 is 2.32 bits per heavy atom. The predicted octanol–water partition coefficient (Wildman–Crippen LogP) is 4.04. The average molecular weight is 616 g/mol. The van der Waals surface area contributed by atoms with Gasteiger partial charge >= 0.3 is 6.09 Å². The van der Waals surface area contributed by atoms with Gasteiger partial charge in [0.05, 0.1) is 31.5 Å². The standard InChI is InChI=1S/C34H49NO9/c1-17-14-23-33(39,16-43-23)28-20(4)34(40)15-22(18(2)24(31(34,5)6)26(36)29(37)32(17,28)7)27(44-41)19(3)25(35-30(38)42-8)21-12-10-9-11-13-21/h9-13,17,19-20,22-23,25-28,36,39-41H,14-16H2,1-8H3,(H,35,38)/t17-,19?,20?,22?,23?,25?,26?,27?,28?,32+,33?,34?/m0/s1. The van der Waals surface area contributed by atoms with Crippen molar-refractivity contribution in [3.05, 3.63) is 47.0 Å². The molecule has 10 unspecified atom stereocenters. The Labute approximate surface area is 259 Å². The van der Waals surface area contributed by atoms with Crippen molar-refractivity contribution < 1.29 is 44.5 Å². The number of aliphatic hydroxyl groups excluding tert-OH is 1. The number of aliphatic hydroxyl groups is 3. The van der Waals surface area contributed by atoms with Crippen LogP contribution in [0.4, 0.5) is 4.79 Å². The molecule has 2 saturated carbocycles. The van der Waals surface area contributed by atoms with Crippen LogP contribution >= 0.6 is 0 Å². The quantitative estimate of drug-likeness (QED) is 0.181. The van der Waals surface area contributed by atoms with Crippen LogP contribution in [0.25, 0.3) is 0 Å². The molecule has 3 fully saturated rings. The van der Waals surface area contributed by atoms with Crippen LogP contribution in [0.15, 0.2) is 41.5 Å². The van der Waals surface area contributed by atoms with Crippen LogP contribution in [0.2, 0.25) is 0 Å². The minimum absolute atomic E-state index is 0.0530. The Morgan fingerprint density at radius 1 is 1.14 bits per heavy atom. The lowest BCUT2D eigenvalue weighted by Gasteiger charge is -2.68. The van der Waals surface area contributed by atoms with Crippen LogP contribution in [0.3, 0.4) is 0 Å². The SMILES string of the molecule is COC(=O)NC(c1ccccc1)C(C)C(OO)C1CC2(O)C(C)C3C4(O)COC4C[C@H](C)[C@@]3(C)C(=O)C(O)C(=C1C)C2(C)C. The fourth-order valence-electron chi connectivity index (χ4n) is 9.81. The number of Topliss-reactive ketones (excluding diaryl/α,β-unsaturated/α-hetero) is 1. The van der Waals surface area contributed by atoms with Crippen LogP contribution in [0.1, 0.15) is 72.9 Å². The zero-order valence-corrected chi connectivity index (χ0v) is 27.0. The number of rotatable bonds is 6. The molecule has 1 aromatic carbocycles. The van der Waals surface area contributed by atoms with Crippen molar-refractivity contribution in [2.75, 3.05) is 13.7 Å². The third-order valence-electron chi connectivity index (χ3n) is 12.6. The Balaban J connectivity index is 1.66. The number of ether oxygens (including phenoxy) is 2. The molecule has 4 aliphatic rings. The first-order valence-corrected chi connectivity index (χ1v) is 15.7. The van der Waals surface area contributed by atoms with Crippen LogP contribution in [-0.4, -0.2) is 75.7 Å². The molecule has 1 aliphatic heterocycles. The van der Waals surface area contributed by atoms with Crippen LogP contribution in [0, 0.1) is 40.4 Å². The van der Waals surface area contributed by atoms with Gasteiger partial charge in [-0.15, -0.1) is 0 Å². The molecule has 44 heavy (non-hydrogen) atoms. The molecule has 0 aromatic heterocycles. The van der Waals surface area contributed by atoms with Gasteiger partial charge < -0.3 is 30.1 Å². The maximum absolute atomic E-state index is 14.5. The van der Waals surface area contributed by atoms with E-state index < -0.39 is 76.2 Å². The van der Waals surface area contributed by atoms with Crippen LogP contribution < -0.4 is 5.32 Å². The predicted molar refractivity (Wildman–Crippen MR) is 161 cm³/mol. The van der Waals surface area contributed by atoms with E-state index in [2.05, 4.69) is 5.32 Å². The second kappa shape index (κ2) is 11.2. The number of carbonyl (C=O) groups excluding carboxylic acids is 2. The van der Waals surface area contributed by atoms with E-state index in [1.807, 2.05) is 78.8 Å². The first kappa shape index (κ1) is 33.0. The number of methoxy groups -OCH3 is 1. The molecule has 1 amide bonds. The number of amides is 1. The molecule has 10 nitrogen and oxygen atoms in total. The lowest BCUT2D eigenvalue weighted by atomic mass is 9.41. The van der Waals surface area contributed by atoms with E-state index in [0.717, 1.165) is 5.56 Å². The molecule has 10 heteroatoms. The van der Waals surface area contributed by atoms with Gasteiger partial charge in [-0.05, 0) is 42.7 Å². The summed E-state index contributed by atoms with van der Waals surface area (Å²) in [5.74, 6) is -3.13. The first-order valence-electron chi connectivity index (χ1n) is 15.7. The van der Waals surface area contributed by atoms with Crippen molar-refractivity contribution in [2.24, 2.45) is 40.4 Å². The molecule has 12 atom stereocenters. The summed E-state index contributed by atoms with van der Waals surface area (Å²) in [4.78, 5) is 32.2. The summed E-state index contributed by atoms with van der Waals surface area (Å²) in [6, 6.07) is 8.60. The van der Waals surface area contributed by atoms with Crippen molar-refractivity contribution in [3.63, 3.8) is 0 Å². The summed E-state index contributed by atoms with van der Waals surface area (Å²) < 4.78 is 10.7. The third kappa shape index (κ3) is 4.43. The van der Waals surface area contributed by atoms with Gasteiger partial charge in [-0.1, -0.05) is 77.4 Å². The first-order chi connectivity index (χ1) is 20.5. The number of alkyl carbamates (subject to hydrolysis) is 1. The highest BCUT2D eigenvalue weighted by Crippen LogP contribution is 2.66. The Kier molecular flexibility index (Phi) is 8.39. The molecule has 0 spiro atoms. The Morgan fingerprint density at radius 2 is 1.77 bits per heavy atom. The molecule has 1 aromatic rings. The number of hydrogen-bond donors (Lipinski definition) is 5. The van der Waals surface area contributed by atoms with E-state index in [1.165, 1.54) is 7.11 Å². The van der Waals surface area contributed by atoms with Crippen molar-refractivity contribution in [1.82, 2.24) is 5.32 Å². The molecule has 3 aliphatic carbocycles. The molecule has 2 bridgehead atoms. The number of benzene rings is 1. The average Bonchev–Trinajstić information content (AvgIpc) is 2.99. The van der Waals surface area contributed by atoms with Crippen LogP contribution in [0.5, 0.6) is 0 Å². The van der Waals surface area contributed by atoms with Gasteiger partial charge in [0.15, 0.2) is 5.78 Å². The van der Waals surface area contributed by atoms with E-state index in [1.54, 1.807) is 0 Å². The van der Waals surface area contributed by atoms with E-state index in [9.17, 15) is 30.2 Å². The smallest absolute Gasteiger partial charge is 0.407 e. The highest BCUT2D eigenvalue weighted by Gasteiger charge is 2.73. The Bertz CT molecular complexity index is 1310. The lowest BCUT2D eigenvalue weighted by molar-refractivity contribution is -0.332. The zero-order chi connectivity index (χ0) is 32.6. The van der Waals surface area contributed by atoms with Crippen molar-refractivity contribution in [1.29, 1.82) is 0 Å². The van der Waals surface area contributed by atoms with Gasteiger partial charge in [0, 0.05) is 28.6 Å². The lowest BCUT2D eigenvalue weighted by Crippen LogP contribution is -2.77. The van der Waals surface area contributed by atoms with Gasteiger partial charge in [0.25, 0.3) is 0 Å². The van der Waals surface area contributed by atoms with Crippen LogP contribution in [-0.2, 0) is 19.2 Å². The summed E-state index contributed by atoms with van der Waals surface area (Å²) in [6.07, 6.45) is -3.04. The van der Waals surface area contributed by atoms with Gasteiger partial charge in [0.1, 0.15) is 17.8 Å². The molecule has 5 rings (SSSR count). The minimum Gasteiger partial charge on any atom is -0.453 e. The molecule has 1 saturated heterocycles. The molecule has 0 radical (unpaired) electrons. The third-order valence-corrected chi connectivity index (χ3v) is 12.6. The fraction of sp³-hybridized carbons (Fsp3) is 0.706. The van der Waals surface area contributed by atoms with Crippen molar-refractivity contribution in [2.45, 2.75) is 96.9 Å². The van der Waals surface area contributed by atoms with Gasteiger partial charge in [0.2, 0.25) is 0 Å². The summed E-state index contributed by atoms with van der Waals surface area (Å²) in [7, 11) is 1.27.